The first-order valence-corrected chi connectivity index (χ1v) is 41.0. The maximum atomic E-state index is 5.37. The first kappa shape index (κ1) is 81.7. The van der Waals surface area contributed by atoms with Gasteiger partial charge in [-0.1, -0.05) is 106 Å². The molecule has 602 valence electrons. The first-order chi connectivity index (χ1) is 57.0. The summed E-state index contributed by atoms with van der Waals surface area (Å²) in [4.78, 5) is 22.5. The summed E-state index contributed by atoms with van der Waals surface area (Å²) in [6.45, 7) is 28.5. The molecule has 0 saturated heterocycles. The Kier molecular flexibility index (Phi) is 25.6. The smallest absolute Gasteiger partial charge is 0.136 e. The summed E-state index contributed by atoms with van der Waals surface area (Å²) in [5.74, 6) is 5.73. The van der Waals surface area contributed by atoms with Gasteiger partial charge in [0.15, 0.2) is 0 Å². The molecule has 19 aromatic rings. The van der Waals surface area contributed by atoms with Gasteiger partial charge < -0.3 is 32.3 Å². The van der Waals surface area contributed by atoms with Gasteiger partial charge in [0.05, 0.1) is 85.6 Å². The summed E-state index contributed by atoms with van der Waals surface area (Å²) in [7, 11) is 9.90. The average molecular weight is 1570 g/mol. The molecule has 0 fully saturated rings. The number of benzene rings is 10. The highest BCUT2D eigenvalue weighted by Crippen LogP contribution is 2.29. The van der Waals surface area contributed by atoms with Gasteiger partial charge in [-0.2, -0.15) is 10.2 Å². The number of hydrogen-bond donors (Lipinski definition) is 0. The van der Waals surface area contributed by atoms with Crippen LogP contribution in [0.4, 0.5) is 0 Å². The first-order valence-electron chi connectivity index (χ1n) is 41.0. The van der Waals surface area contributed by atoms with E-state index in [2.05, 4.69) is 314 Å². The molecular weight excluding hydrogens is 1460 g/mol. The van der Waals surface area contributed by atoms with Crippen LogP contribution < -0.4 is 4.74 Å². The van der Waals surface area contributed by atoms with Crippen molar-refractivity contribution in [2.24, 2.45) is 35.2 Å². The number of rotatable bonds is 0. The number of imidazole rings is 4. The van der Waals surface area contributed by atoms with Crippen LogP contribution in [0.2, 0.25) is 0 Å². The van der Waals surface area contributed by atoms with Crippen molar-refractivity contribution in [3.05, 3.63) is 309 Å². The van der Waals surface area contributed by atoms with Crippen LogP contribution in [0.1, 0.15) is 104 Å². The third-order valence-corrected chi connectivity index (χ3v) is 21.8. The molecular formula is C99H109N17O2. The van der Waals surface area contributed by atoms with Crippen LogP contribution in [0.5, 0.6) is 5.75 Å². The average Bonchev–Trinajstić information content (AvgIpc) is 1.61. The van der Waals surface area contributed by atoms with E-state index in [-0.39, 0.29) is 0 Å². The molecule has 0 radical (unpaired) electrons. The summed E-state index contributed by atoms with van der Waals surface area (Å²) in [6.07, 6.45) is 15.0. The number of fused-ring (bicyclic) bond motifs is 16. The Balaban J connectivity index is 0.000000108. The van der Waals surface area contributed by atoms with Crippen LogP contribution >= 0.6 is 0 Å². The second-order valence-electron chi connectivity index (χ2n) is 31.6. The predicted octanol–water partition coefficient (Wildman–Crippen LogP) is 21.0. The summed E-state index contributed by atoms with van der Waals surface area (Å²) < 4.78 is 27.4. The molecule has 0 spiro atoms. The van der Waals surface area contributed by atoms with Crippen molar-refractivity contribution in [2.75, 3.05) is 13.2 Å². The number of nitrogens with zero attached hydrogens (tertiary/aromatic N) is 17. The van der Waals surface area contributed by atoms with Crippen molar-refractivity contribution >= 4 is 98.8 Å². The lowest BCUT2D eigenvalue weighted by Gasteiger charge is -2.14. The van der Waals surface area contributed by atoms with E-state index in [1.54, 1.807) is 4.68 Å². The topological polar surface area (TPSA) is 174 Å². The molecule has 0 N–H and O–H groups in total. The fraction of sp³-hybridized carbons (Fsp3) is 0.283. The van der Waals surface area contributed by atoms with Gasteiger partial charge in [0, 0.05) is 114 Å². The number of ether oxygens (including phenoxy) is 2. The predicted molar refractivity (Wildman–Crippen MR) is 483 cm³/mol. The molecule has 0 amide bonds. The van der Waals surface area contributed by atoms with Gasteiger partial charge in [-0.3, -0.25) is 14.3 Å². The van der Waals surface area contributed by atoms with Crippen molar-refractivity contribution in [3.8, 4) is 5.75 Å². The Bertz CT molecular complexity index is 6420. The van der Waals surface area contributed by atoms with Gasteiger partial charge in [0.25, 0.3) is 0 Å². The minimum Gasteiger partial charge on any atom is -0.493 e. The SMILES string of the molecule is Cc1ccc2c(c1)CCO2.Cc1ccc2c(c1)nc(C)n2C.Cc1ccc2c(c1)nc1n2CCC1.Cc1ccc2c(c1)nc1n2CCCC1.Cc1ccc2c(c1)nc1n2CCOC1.Cc1ccc2c(c1)nnn2C.Cc1ccc2c(ccn2C)c1.Cc1ccc2c(cnn2C)c1.Cc1ccc2ncccc2c1.Cc1ccc2nn(C)cc2c1. The number of pyridine rings is 1. The van der Waals surface area contributed by atoms with Crippen LogP contribution in [0.15, 0.2) is 225 Å². The largest absolute Gasteiger partial charge is 0.493 e. The maximum Gasteiger partial charge on any atom is 0.136 e. The minimum absolute atomic E-state index is 0.647. The molecule has 9 aromatic heterocycles. The Morgan fingerprint density at radius 2 is 0.847 bits per heavy atom. The van der Waals surface area contributed by atoms with E-state index in [0.717, 1.165) is 108 Å². The number of aromatic nitrogens is 17. The zero-order valence-corrected chi connectivity index (χ0v) is 71.3. The molecule has 10 aromatic carbocycles. The molecule has 19 nitrogen and oxygen atoms in total. The van der Waals surface area contributed by atoms with Crippen molar-refractivity contribution in [1.29, 1.82) is 0 Å². The second-order valence-corrected chi connectivity index (χ2v) is 31.6. The van der Waals surface area contributed by atoms with E-state index in [4.69, 9.17) is 9.47 Å². The van der Waals surface area contributed by atoms with E-state index in [1.165, 1.54) is 152 Å². The highest BCUT2D eigenvalue weighted by molar-refractivity contribution is 5.84. The Labute approximate surface area is 691 Å². The third kappa shape index (κ3) is 19.8. The normalized spacial score (nSPS) is 12.7. The third-order valence-electron chi connectivity index (χ3n) is 21.8. The summed E-state index contributed by atoms with van der Waals surface area (Å²) >= 11 is 0. The lowest BCUT2D eigenvalue weighted by Crippen LogP contribution is -2.16. The minimum atomic E-state index is 0.647. The fourth-order valence-electron chi connectivity index (χ4n) is 15.4. The molecule has 0 unspecified atom stereocenters. The quantitative estimate of drug-likeness (QED) is 0.141. The maximum absolute atomic E-state index is 5.37. The molecule has 4 aliphatic rings. The van der Waals surface area contributed by atoms with E-state index >= 15 is 0 Å². The lowest BCUT2D eigenvalue weighted by molar-refractivity contribution is 0.0830. The Hall–Kier alpha value is -12.9. The van der Waals surface area contributed by atoms with Crippen molar-refractivity contribution in [2.45, 2.75) is 141 Å². The number of aryl methyl sites for hydroxylation is 20. The van der Waals surface area contributed by atoms with Gasteiger partial charge in [-0.15, -0.1) is 5.10 Å². The molecule has 4 aliphatic heterocycles. The molecule has 13 heterocycles. The van der Waals surface area contributed by atoms with Gasteiger partial charge in [0.2, 0.25) is 0 Å². The standard InChI is InChI=1S/C12H14N2.C11H12N2O.C11H12N2.C10H12N2.C10H11N.C10H9N.2C9H10N2.C9H10O.C8H9N3/c1-9-5-6-11-10(8-9)13-12-4-2-3-7-14(11)12;1-8-2-3-10-9(6-8)12-11-7-14-5-4-13(10)11;1-8-4-5-10-9(7-8)12-11-3-2-6-13(10)11;1-7-4-5-10-9(6-7)11-8(2)12(10)3;1-8-3-4-10-9(7-8)5-6-11(10)2;1-8-4-5-10-9(7-8)3-2-6-11-10;1-7-3-4-9-8(5-7)6-11(2)10-9;1-7-3-4-9-8(5-7)6-10-11(9)2;1-7-2-3-9-8(6-7)4-5-10-9;1-6-3-4-8-7(5-6)9-10-11(8)2/h5-6,8H,2-4,7H2,1H3;2-3,6H,4-5,7H2,1H3;4-5,7H,2-3,6H2,1H3;4-6H,1-3H3;3-7H,1-2H3;2-7H,1H3;2*3-6H,1-2H3;2-3,6H,4-5H2,1H3;3-5H,1-2H3. The molecule has 118 heavy (non-hydrogen) atoms. The molecule has 19 heteroatoms. The van der Waals surface area contributed by atoms with Crippen molar-refractivity contribution in [1.82, 2.24) is 82.3 Å². The molecule has 0 atom stereocenters. The second kappa shape index (κ2) is 36.9. The van der Waals surface area contributed by atoms with Gasteiger partial charge in [-0.25, -0.2) is 24.6 Å². The van der Waals surface area contributed by atoms with Crippen LogP contribution in [0.3, 0.4) is 0 Å². The van der Waals surface area contributed by atoms with E-state index in [9.17, 15) is 0 Å². The van der Waals surface area contributed by atoms with E-state index < -0.39 is 0 Å². The van der Waals surface area contributed by atoms with Gasteiger partial charge in [0.1, 0.15) is 41.2 Å². The molecule has 0 saturated carbocycles. The lowest BCUT2D eigenvalue weighted by atomic mass is 10.1. The zero-order valence-electron chi connectivity index (χ0n) is 71.3. The van der Waals surface area contributed by atoms with E-state index in [0.29, 0.717) is 6.61 Å². The van der Waals surface area contributed by atoms with Crippen LogP contribution in [-0.4, -0.2) is 95.5 Å². The van der Waals surface area contributed by atoms with Crippen LogP contribution in [0, 0.1) is 76.2 Å². The number of hydrogen-bond acceptors (Lipinski definition) is 11. The van der Waals surface area contributed by atoms with Gasteiger partial charge >= 0.3 is 0 Å². The van der Waals surface area contributed by atoms with Crippen LogP contribution in [0.25, 0.3) is 98.8 Å². The highest BCUT2D eigenvalue weighted by Gasteiger charge is 2.18. The highest BCUT2D eigenvalue weighted by atomic mass is 16.5. The summed E-state index contributed by atoms with van der Waals surface area (Å²) in [6, 6.07) is 69.8. The monoisotopic (exact) mass is 1570 g/mol. The van der Waals surface area contributed by atoms with Crippen molar-refractivity contribution in [3.63, 3.8) is 0 Å². The molecule has 0 bridgehead atoms. The summed E-state index contributed by atoms with van der Waals surface area (Å²) in [5, 5.41) is 21.3. The van der Waals surface area contributed by atoms with Crippen molar-refractivity contribution < 1.29 is 9.47 Å². The molecule has 0 aliphatic carbocycles. The van der Waals surface area contributed by atoms with E-state index in [1.807, 2.05) is 100 Å². The fourth-order valence-corrected chi connectivity index (χ4v) is 15.4. The Morgan fingerprint density at radius 3 is 1.49 bits per heavy atom. The van der Waals surface area contributed by atoms with Crippen LogP contribution in [-0.2, 0) is 85.5 Å². The Morgan fingerprint density at radius 1 is 0.356 bits per heavy atom. The molecule has 23 rings (SSSR count). The zero-order chi connectivity index (χ0) is 82.7. The summed E-state index contributed by atoms with van der Waals surface area (Å²) in [5.41, 5.74) is 30.4. The van der Waals surface area contributed by atoms with Gasteiger partial charge in [-0.05, 0) is 262 Å².